The lowest BCUT2D eigenvalue weighted by molar-refractivity contribution is -0.120. The molecule has 0 unspecified atom stereocenters. The van der Waals surface area contributed by atoms with E-state index < -0.39 is 0 Å². The molecule has 4 rings (SSSR count). The molecule has 0 aliphatic carbocycles. The Balaban J connectivity index is 2.05. The Morgan fingerprint density at radius 3 is 2.50 bits per heavy atom. The van der Waals surface area contributed by atoms with Gasteiger partial charge in [0.15, 0.2) is 0 Å². The third-order valence-corrected chi connectivity index (χ3v) is 4.60. The number of fused-ring (bicyclic) bond motifs is 3. The van der Waals surface area contributed by atoms with Crippen molar-refractivity contribution in [1.29, 1.82) is 0 Å². The number of rotatable bonds is 4. The molecule has 7 nitrogen and oxygen atoms in total. The van der Waals surface area contributed by atoms with Crippen molar-refractivity contribution in [1.82, 2.24) is 20.0 Å². The zero-order valence-corrected chi connectivity index (χ0v) is 15.6. The fourth-order valence-electron chi connectivity index (χ4n) is 3.10. The van der Waals surface area contributed by atoms with Gasteiger partial charge in [-0.15, -0.1) is 0 Å². The van der Waals surface area contributed by atoms with Gasteiger partial charge in [-0.2, -0.15) is 0 Å². The van der Waals surface area contributed by atoms with Crippen LogP contribution in [-0.4, -0.2) is 20.4 Å². The maximum atomic E-state index is 13.2. The summed E-state index contributed by atoms with van der Waals surface area (Å²) in [7, 11) is 1.62. The van der Waals surface area contributed by atoms with Gasteiger partial charge in [-0.3, -0.25) is 25.0 Å². The van der Waals surface area contributed by atoms with Crippen LogP contribution in [0.25, 0.3) is 33.1 Å². The highest BCUT2D eigenvalue weighted by Crippen LogP contribution is 2.29. The van der Waals surface area contributed by atoms with Crippen LogP contribution < -0.4 is 16.4 Å². The number of carbonyl (C=O) groups is 1. The van der Waals surface area contributed by atoms with Crippen molar-refractivity contribution in [3.63, 3.8) is 0 Å². The summed E-state index contributed by atoms with van der Waals surface area (Å²) in [5.74, 6) is 0.0443. The molecule has 0 aliphatic rings. The van der Waals surface area contributed by atoms with Gasteiger partial charge in [-0.1, -0.05) is 55.5 Å². The molecule has 0 bridgehead atoms. The van der Waals surface area contributed by atoms with E-state index >= 15 is 0 Å². The highest BCUT2D eigenvalue weighted by molar-refractivity contribution is 6.09. The maximum absolute atomic E-state index is 13.2. The number of para-hydroxylation sites is 1. The largest absolute Gasteiger partial charge is 0.280 e. The molecule has 0 aliphatic heterocycles. The van der Waals surface area contributed by atoms with Gasteiger partial charge in [0.2, 0.25) is 11.9 Å². The summed E-state index contributed by atoms with van der Waals surface area (Å²) in [5, 5.41) is 1.24. The van der Waals surface area contributed by atoms with Crippen molar-refractivity contribution in [2.24, 2.45) is 7.05 Å². The first-order valence-electron chi connectivity index (χ1n) is 9.00. The Morgan fingerprint density at radius 1 is 1.04 bits per heavy atom. The predicted octanol–water partition coefficient (Wildman–Crippen LogP) is 3.00. The molecule has 2 N–H and O–H groups in total. The van der Waals surface area contributed by atoms with E-state index in [4.69, 9.17) is 4.98 Å². The van der Waals surface area contributed by atoms with E-state index in [1.165, 1.54) is 4.57 Å². The molecular weight excluding hydrogens is 354 g/mol. The fourth-order valence-corrected chi connectivity index (χ4v) is 3.10. The zero-order valence-electron chi connectivity index (χ0n) is 15.6. The monoisotopic (exact) mass is 373 g/mol. The lowest BCUT2D eigenvalue weighted by Gasteiger charge is -2.14. The summed E-state index contributed by atoms with van der Waals surface area (Å²) >= 11 is 0. The second-order valence-corrected chi connectivity index (χ2v) is 6.39. The number of carbonyl (C=O) groups excluding carboxylic acids is 1. The van der Waals surface area contributed by atoms with Crippen LogP contribution in [0.1, 0.15) is 13.3 Å². The molecule has 1 amide bonds. The van der Waals surface area contributed by atoms with E-state index in [1.807, 2.05) is 54.6 Å². The minimum absolute atomic E-state index is 0.200. The Hall–Kier alpha value is -3.74. The highest BCUT2D eigenvalue weighted by Gasteiger charge is 2.17. The van der Waals surface area contributed by atoms with Crippen molar-refractivity contribution in [3.8, 4) is 11.3 Å². The normalized spacial score (nSPS) is 10.9. The molecule has 7 heteroatoms. The van der Waals surface area contributed by atoms with Crippen LogP contribution in [0.2, 0.25) is 0 Å². The van der Waals surface area contributed by atoms with E-state index in [-0.39, 0.29) is 17.4 Å². The van der Waals surface area contributed by atoms with Crippen LogP contribution in [0.4, 0.5) is 5.95 Å². The zero-order chi connectivity index (χ0) is 19.7. The molecule has 28 heavy (non-hydrogen) atoms. The first kappa shape index (κ1) is 17.7. The smallest absolute Gasteiger partial charge is 0.263 e. The third-order valence-electron chi connectivity index (χ3n) is 4.60. The summed E-state index contributed by atoms with van der Waals surface area (Å²) in [6.45, 7) is 1.74. The predicted molar refractivity (Wildman–Crippen MR) is 110 cm³/mol. The average Bonchev–Trinajstić information content (AvgIpc) is 2.74. The molecule has 2 heterocycles. The van der Waals surface area contributed by atoms with E-state index in [0.29, 0.717) is 23.0 Å². The number of benzene rings is 2. The second kappa shape index (κ2) is 7.11. The van der Waals surface area contributed by atoms with Gasteiger partial charge in [-0.25, -0.2) is 9.97 Å². The van der Waals surface area contributed by atoms with Crippen LogP contribution in [0.3, 0.4) is 0 Å². The highest BCUT2D eigenvalue weighted by atomic mass is 16.2. The minimum atomic E-state index is -0.214. The summed E-state index contributed by atoms with van der Waals surface area (Å²) in [6.07, 6.45) is 0.315. The molecule has 140 valence electrons. The van der Waals surface area contributed by atoms with E-state index in [2.05, 4.69) is 15.8 Å². The summed E-state index contributed by atoms with van der Waals surface area (Å²) in [4.78, 5) is 34.2. The average molecular weight is 373 g/mol. The first-order chi connectivity index (χ1) is 13.6. The van der Waals surface area contributed by atoms with Crippen molar-refractivity contribution in [3.05, 3.63) is 65.0 Å². The van der Waals surface area contributed by atoms with Crippen molar-refractivity contribution >= 4 is 33.7 Å². The minimum Gasteiger partial charge on any atom is -0.280 e. The number of nitrogens with one attached hydrogen (secondary N) is 2. The Morgan fingerprint density at radius 2 is 1.75 bits per heavy atom. The van der Waals surface area contributed by atoms with E-state index in [9.17, 15) is 9.59 Å². The van der Waals surface area contributed by atoms with E-state index in [1.54, 1.807) is 14.0 Å². The molecule has 0 spiro atoms. The lowest BCUT2D eigenvalue weighted by Crippen LogP contribution is -2.33. The third kappa shape index (κ3) is 2.96. The quantitative estimate of drug-likeness (QED) is 0.424. The van der Waals surface area contributed by atoms with Crippen molar-refractivity contribution < 1.29 is 4.79 Å². The molecule has 2 aromatic heterocycles. The SMILES string of the molecule is CCC(=O)NNc1nc2c(-c3ccccc3)nc3ccccc3c2c(=O)n1C. The van der Waals surface area contributed by atoms with Gasteiger partial charge >= 0.3 is 0 Å². The number of hydrazine groups is 1. The van der Waals surface area contributed by atoms with Crippen LogP contribution in [-0.2, 0) is 11.8 Å². The standard InChI is InChI=1S/C21H19N5O2/c1-3-16(27)24-25-21-23-19-17(20(28)26(21)2)14-11-7-8-12-15(14)22-18(19)13-9-5-4-6-10-13/h4-12H,3H2,1-2H3,(H,23,25)(H,24,27). The first-order valence-corrected chi connectivity index (χ1v) is 9.00. The van der Waals surface area contributed by atoms with Gasteiger partial charge in [0, 0.05) is 24.4 Å². The molecule has 0 fully saturated rings. The number of anilines is 1. The van der Waals surface area contributed by atoms with Crippen LogP contribution in [0.5, 0.6) is 0 Å². The number of amides is 1. The van der Waals surface area contributed by atoms with Gasteiger partial charge in [0.25, 0.3) is 5.56 Å². The molecule has 2 aromatic carbocycles. The molecule has 0 saturated carbocycles. The van der Waals surface area contributed by atoms with E-state index in [0.717, 1.165) is 16.5 Å². The number of pyridine rings is 1. The second-order valence-electron chi connectivity index (χ2n) is 6.39. The van der Waals surface area contributed by atoms with Gasteiger partial charge < -0.3 is 0 Å². The van der Waals surface area contributed by atoms with Gasteiger partial charge in [0.1, 0.15) is 5.52 Å². The number of hydrogen-bond acceptors (Lipinski definition) is 5. The lowest BCUT2D eigenvalue weighted by atomic mass is 10.0. The topological polar surface area (TPSA) is 88.9 Å². The maximum Gasteiger partial charge on any atom is 0.263 e. The Bertz CT molecular complexity index is 1250. The van der Waals surface area contributed by atoms with Gasteiger partial charge in [0.05, 0.1) is 16.6 Å². The molecule has 0 atom stereocenters. The fraction of sp³-hybridized carbons (Fsp3) is 0.143. The molecular formula is C21H19N5O2. The van der Waals surface area contributed by atoms with Gasteiger partial charge in [-0.05, 0) is 6.07 Å². The summed E-state index contributed by atoms with van der Waals surface area (Å²) < 4.78 is 1.39. The summed E-state index contributed by atoms with van der Waals surface area (Å²) in [5.41, 5.74) is 7.78. The molecule has 0 saturated heterocycles. The van der Waals surface area contributed by atoms with Crippen LogP contribution >= 0.6 is 0 Å². The van der Waals surface area contributed by atoms with Crippen LogP contribution in [0.15, 0.2) is 59.4 Å². The van der Waals surface area contributed by atoms with Crippen LogP contribution in [0, 0.1) is 0 Å². The molecule has 0 radical (unpaired) electrons. The summed E-state index contributed by atoms with van der Waals surface area (Å²) in [6, 6.07) is 17.1. The van der Waals surface area contributed by atoms with Crippen molar-refractivity contribution in [2.75, 3.05) is 5.43 Å². The number of hydrogen-bond donors (Lipinski definition) is 2. The number of aromatic nitrogens is 3. The number of nitrogens with zero attached hydrogens (tertiary/aromatic N) is 3. The molecule has 4 aromatic rings. The Kier molecular flexibility index (Phi) is 4.49. The van der Waals surface area contributed by atoms with Crippen molar-refractivity contribution in [2.45, 2.75) is 13.3 Å². The Labute approximate surface area is 161 Å².